The smallest absolute Gasteiger partial charge is 0.310 e. The van der Waals surface area contributed by atoms with Crippen molar-refractivity contribution in [2.45, 2.75) is 32.6 Å². The lowest BCUT2D eigenvalue weighted by molar-refractivity contribution is -0.153. The zero-order valence-corrected chi connectivity index (χ0v) is 12.3. The van der Waals surface area contributed by atoms with E-state index < -0.39 is 11.4 Å². The standard InChI is InChI=1S/C14H28N2O2/c1-12-5-7-14(8-6-12,13(17)18)11-16(4)10-9-15(2)3/h12H,5-11H2,1-4H3,(H,17,18). The van der Waals surface area contributed by atoms with Gasteiger partial charge in [-0.15, -0.1) is 0 Å². The summed E-state index contributed by atoms with van der Waals surface area (Å²) in [5.41, 5.74) is -0.506. The molecule has 0 aromatic heterocycles. The monoisotopic (exact) mass is 256 g/mol. The molecule has 1 aliphatic carbocycles. The lowest BCUT2D eigenvalue weighted by Gasteiger charge is -2.38. The zero-order chi connectivity index (χ0) is 13.8. The summed E-state index contributed by atoms with van der Waals surface area (Å²) in [4.78, 5) is 15.9. The molecule has 106 valence electrons. The van der Waals surface area contributed by atoms with E-state index in [0.29, 0.717) is 12.5 Å². The lowest BCUT2D eigenvalue weighted by Crippen LogP contribution is -2.45. The fourth-order valence-electron chi connectivity index (χ4n) is 2.72. The van der Waals surface area contributed by atoms with E-state index in [2.05, 4.69) is 16.7 Å². The van der Waals surface area contributed by atoms with Gasteiger partial charge in [-0.1, -0.05) is 6.92 Å². The molecule has 0 aromatic rings. The lowest BCUT2D eigenvalue weighted by atomic mass is 9.70. The third kappa shape index (κ3) is 4.25. The molecule has 0 aliphatic heterocycles. The molecular formula is C14H28N2O2. The van der Waals surface area contributed by atoms with Gasteiger partial charge in [0.1, 0.15) is 0 Å². The molecule has 0 unspecified atom stereocenters. The number of carboxylic acids is 1. The summed E-state index contributed by atoms with van der Waals surface area (Å²) in [6, 6.07) is 0. The zero-order valence-electron chi connectivity index (χ0n) is 12.3. The van der Waals surface area contributed by atoms with Crippen LogP contribution in [-0.4, -0.2) is 61.7 Å². The molecule has 0 heterocycles. The van der Waals surface area contributed by atoms with Crippen molar-refractivity contribution in [1.82, 2.24) is 9.80 Å². The van der Waals surface area contributed by atoms with Crippen LogP contribution in [0.1, 0.15) is 32.6 Å². The van der Waals surface area contributed by atoms with Gasteiger partial charge in [-0.2, -0.15) is 0 Å². The largest absolute Gasteiger partial charge is 0.481 e. The molecule has 0 radical (unpaired) electrons. The fraction of sp³-hybridized carbons (Fsp3) is 0.929. The molecule has 4 heteroatoms. The predicted molar refractivity (Wildman–Crippen MR) is 73.8 cm³/mol. The number of aliphatic carboxylic acids is 1. The van der Waals surface area contributed by atoms with Crippen LogP contribution in [-0.2, 0) is 4.79 Å². The van der Waals surface area contributed by atoms with E-state index in [4.69, 9.17) is 0 Å². The number of hydrogen-bond donors (Lipinski definition) is 1. The van der Waals surface area contributed by atoms with Gasteiger partial charge >= 0.3 is 5.97 Å². The molecule has 0 amide bonds. The first-order chi connectivity index (χ1) is 8.35. The van der Waals surface area contributed by atoms with Crippen LogP contribution in [0.5, 0.6) is 0 Å². The van der Waals surface area contributed by atoms with Gasteiger partial charge in [0.05, 0.1) is 5.41 Å². The normalized spacial score (nSPS) is 28.9. The van der Waals surface area contributed by atoms with E-state index in [-0.39, 0.29) is 0 Å². The van der Waals surface area contributed by atoms with Crippen LogP contribution >= 0.6 is 0 Å². The van der Waals surface area contributed by atoms with E-state index >= 15 is 0 Å². The Hall–Kier alpha value is -0.610. The SMILES string of the molecule is CC1CCC(CN(C)CCN(C)C)(C(=O)O)CC1. The highest BCUT2D eigenvalue weighted by atomic mass is 16.4. The van der Waals surface area contributed by atoms with Crippen LogP contribution in [0.15, 0.2) is 0 Å². The van der Waals surface area contributed by atoms with Crippen LogP contribution in [0, 0.1) is 11.3 Å². The van der Waals surface area contributed by atoms with E-state index in [0.717, 1.165) is 38.8 Å². The Kier molecular flexibility index (Phi) is 5.60. The maximum Gasteiger partial charge on any atom is 0.310 e. The molecule has 0 atom stereocenters. The number of likely N-dealkylation sites (N-methyl/N-ethyl adjacent to an activating group) is 2. The minimum Gasteiger partial charge on any atom is -0.481 e. The van der Waals surface area contributed by atoms with Gasteiger partial charge in [-0.3, -0.25) is 4.79 Å². The van der Waals surface area contributed by atoms with Crippen molar-refractivity contribution in [2.24, 2.45) is 11.3 Å². The summed E-state index contributed by atoms with van der Waals surface area (Å²) < 4.78 is 0. The van der Waals surface area contributed by atoms with Crippen molar-refractivity contribution in [3.8, 4) is 0 Å². The second-order valence-corrected chi connectivity index (χ2v) is 6.31. The molecule has 0 bridgehead atoms. The Morgan fingerprint density at radius 2 is 1.78 bits per heavy atom. The summed E-state index contributed by atoms with van der Waals surface area (Å²) in [5, 5.41) is 9.56. The number of rotatable bonds is 6. The van der Waals surface area contributed by atoms with Gasteiger partial charge < -0.3 is 14.9 Å². The van der Waals surface area contributed by atoms with Crippen LogP contribution < -0.4 is 0 Å². The molecular weight excluding hydrogens is 228 g/mol. The van der Waals surface area contributed by atoms with Crippen molar-refractivity contribution < 1.29 is 9.90 Å². The molecule has 0 aromatic carbocycles. The van der Waals surface area contributed by atoms with Crippen LogP contribution in [0.4, 0.5) is 0 Å². The number of nitrogens with zero attached hydrogens (tertiary/aromatic N) is 2. The van der Waals surface area contributed by atoms with Gasteiger partial charge in [0, 0.05) is 19.6 Å². The predicted octanol–water partition coefficient (Wildman–Crippen LogP) is 1.76. The van der Waals surface area contributed by atoms with Crippen molar-refractivity contribution in [3.05, 3.63) is 0 Å². The van der Waals surface area contributed by atoms with Crippen LogP contribution in [0.25, 0.3) is 0 Å². The summed E-state index contributed by atoms with van der Waals surface area (Å²) in [7, 11) is 6.12. The Labute approximate surface area is 111 Å². The van der Waals surface area contributed by atoms with E-state index in [1.165, 1.54) is 0 Å². The van der Waals surface area contributed by atoms with Gasteiger partial charge in [-0.25, -0.2) is 0 Å². The maximum absolute atomic E-state index is 11.6. The van der Waals surface area contributed by atoms with Crippen molar-refractivity contribution in [3.63, 3.8) is 0 Å². The van der Waals surface area contributed by atoms with E-state index in [1.54, 1.807) is 0 Å². The molecule has 1 aliphatic rings. The maximum atomic E-state index is 11.6. The van der Waals surface area contributed by atoms with Crippen molar-refractivity contribution in [1.29, 1.82) is 0 Å². The molecule has 1 fully saturated rings. The second kappa shape index (κ2) is 6.53. The van der Waals surface area contributed by atoms with E-state index in [1.807, 2.05) is 21.1 Å². The minimum absolute atomic E-state index is 0.506. The first kappa shape index (κ1) is 15.4. The summed E-state index contributed by atoms with van der Waals surface area (Å²) >= 11 is 0. The highest BCUT2D eigenvalue weighted by Crippen LogP contribution is 2.39. The second-order valence-electron chi connectivity index (χ2n) is 6.31. The van der Waals surface area contributed by atoms with Gasteiger partial charge in [0.15, 0.2) is 0 Å². The number of hydrogen-bond acceptors (Lipinski definition) is 3. The Bertz CT molecular complexity index is 271. The highest BCUT2D eigenvalue weighted by Gasteiger charge is 2.41. The number of carboxylic acid groups (broad SMARTS) is 1. The van der Waals surface area contributed by atoms with Gasteiger partial charge in [0.2, 0.25) is 0 Å². The Balaban J connectivity index is 2.55. The van der Waals surface area contributed by atoms with Crippen LogP contribution in [0.2, 0.25) is 0 Å². The first-order valence-electron chi connectivity index (χ1n) is 6.92. The highest BCUT2D eigenvalue weighted by molar-refractivity contribution is 5.75. The minimum atomic E-state index is -0.605. The summed E-state index contributed by atoms with van der Waals surface area (Å²) in [5.74, 6) is 0.0793. The molecule has 1 N–H and O–H groups in total. The molecule has 0 spiro atoms. The fourth-order valence-corrected chi connectivity index (χ4v) is 2.72. The number of carbonyl (C=O) groups is 1. The summed E-state index contributed by atoms with van der Waals surface area (Å²) in [6.45, 7) is 4.81. The molecule has 18 heavy (non-hydrogen) atoms. The third-order valence-electron chi connectivity index (χ3n) is 4.19. The Morgan fingerprint density at radius 1 is 1.22 bits per heavy atom. The quantitative estimate of drug-likeness (QED) is 0.786. The van der Waals surface area contributed by atoms with Gasteiger partial charge in [0.25, 0.3) is 0 Å². The topological polar surface area (TPSA) is 43.8 Å². The Morgan fingerprint density at radius 3 is 2.22 bits per heavy atom. The third-order valence-corrected chi connectivity index (χ3v) is 4.19. The first-order valence-corrected chi connectivity index (χ1v) is 6.92. The molecule has 1 saturated carbocycles. The molecule has 0 saturated heterocycles. The van der Waals surface area contributed by atoms with Crippen molar-refractivity contribution in [2.75, 3.05) is 40.8 Å². The van der Waals surface area contributed by atoms with Crippen LogP contribution in [0.3, 0.4) is 0 Å². The van der Waals surface area contributed by atoms with Gasteiger partial charge in [-0.05, 0) is 52.7 Å². The molecule has 4 nitrogen and oxygen atoms in total. The molecule has 1 rings (SSSR count). The van der Waals surface area contributed by atoms with Crippen molar-refractivity contribution >= 4 is 5.97 Å². The average Bonchev–Trinajstić information content (AvgIpc) is 2.29. The average molecular weight is 256 g/mol. The van der Waals surface area contributed by atoms with E-state index in [9.17, 15) is 9.90 Å². The summed E-state index contributed by atoms with van der Waals surface area (Å²) in [6.07, 6.45) is 3.76.